The van der Waals surface area contributed by atoms with Gasteiger partial charge in [-0.2, -0.15) is 0 Å². The van der Waals surface area contributed by atoms with Crippen LogP contribution in [0.2, 0.25) is 5.02 Å². The van der Waals surface area contributed by atoms with Crippen LogP contribution in [0.25, 0.3) is 0 Å². The zero-order chi connectivity index (χ0) is 14.0. The van der Waals surface area contributed by atoms with Gasteiger partial charge in [-0.3, -0.25) is 0 Å². The highest BCUT2D eigenvalue weighted by atomic mass is 35.5. The molecule has 0 saturated heterocycles. The van der Waals surface area contributed by atoms with Gasteiger partial charge in [-0.05, 0) is 19.9 Å². The van der Waals surface area contributed by atoms with Crippen LogP contribution in [0.3, 0.4) is 0 Å². The second-order valence-electron chi connectivity index (χ2n) is 4.05. The average molecular weight is 298 g/mol. The molecule has 5 nitrogen and oxygen atoms in total. The van der Waals surface area contributed by atoms with E-state index in [4.69, 9.17) is 16.7 Å². The molecule has 0 bridgehead atoms. The molecule has 0 aromatic carbocycles. The number of anilines is 1. The van der Waals surface area contributed by atoms with Crippen molar-refractivity contribution in [1.29, 1.82) is 0 Å². The van der Waals surface area contributed by atoms with Crippen LogP contribution in [0.4, 0.5) is 5.82 Å². The van der Waals surface area contributed by atoms with Crippen molar-refractivity contribution in [2.24, 2.45) is 0 Å². The Bertz CT molecular complexity index is 615. The molecule has 2 aromatic heterocycles. The van der Waals surface area contributed by atoms with E-state index < -0.39 is 5.97 Å². The number of carbonyl (C=O) groups is 1. The molecule has 0 fully saturated rings. The minimum Gasteiger partial charge on any atom is -0.478 e. The highest BCUT2D eigenvalue weighted by molar-refractivity contribution is 7.09. The Morgan fingerprint density at radius 1 is 1.58 bits per heavy atom. The van der Waals surface area contributed by atoms with E-state index in [1.165, 1.54) is 12.3 Å². The lowest BCUT2D eigenvalue weighted by molar-refractivity contribution is 0.0696. The summed E-state index contributed by atoms with van der Waals surface area (Å²) in [7, 11) is 0. The second-order valence-corrected chi connectivity index (χ2v) is 5.35. The smallest absolute Gasteiger partial charge is 0.337 e. The highest BCUT2D eigenvalue weighted by Crippen LogP contribution is 2.26. The molecule has 0 spiro atoms. The fourth-order valence-corrected chi connectivity index (χ4v) is 2.52. The first-order valence-corrected chi connectivity index (χ1v) is 6.80. The van der Waals surface area contributed by atoms with Crippen molar-refractivity contribution in [3.8, 4) is 0 Å². The number of nitrogens with zero attached hydrogens (tertiary/aromatic N) is 2. The van der Waals surface area contributed by atoms with Crippen LogP contribution < -0.4 is 5.32 Å². The number of nitrogens with one attached hydrogen (secondary N) is 1. The van der Waals surface area contributed by atoms with Gasteiger partial charge in [0.15, 0.2) is 0 Å². The number of carboxylic acids is 1. The summed E-state index contributed by atoms with van der Waals surface area (Å²) >= 11 is 7.56. The van der Waals surface area contributed by atoms with E-state index in [0.29, 0.717) is 5.82 Å². The summed E-state index contributed by atoms with van der Waals surface area (Å²) in [4.78, 5) is 19.2. The summed E-state index contributed by atoms with van der Waals surface area (Å²) in [6.07, 6.45) is 1.27. The Morgan fingerprint density at radius 2 is 2.32 bits per heavy atom. The number of rotatable bonds is 4. The molecular weight excluding hydrogens is 286 g/mol. The molecule has 2 aromatic rings. The van der Waals surface area contributed by atoms with E-state index in [0.717, 1.165) is 10.7 Å². The van der Waals surface area contributed by atoms with E-state index in [9.17, 15) is 4.79 Å². The van der Waals surface area contributed by atoms with E-state index in [-0.39, 0.29) is 16.6 Å². The third kappa shape index (κ3) is 3.21. The first-order valence-electron chi connectivity index (χ1n) is 5.54. The maximum Gasteiger partial charge on any atom is 0.337 e. The number of aromatic nitrogens is 2. The monoisotopic (exact) mass is 297 g/mol. The van der Waals surface area contributed by atoms with Crippen LogP contribution in [0.15, 0.2) is 17.6 Å². The maximum absolute atomic E-state index is 10.8. The van der Waals surface area contributed by atoms with Gasteiger partial charge < -0.3 is 10.4 Å². The molecule has 0 aliphatic carbocycles. The molecule has 7 heteroatoms. The van der Waals surface area contributed by atoms with Gasteiger partial charge in [0.05, 0.1) is 16.6 Å². The SMILES string of the molecule is Cc1csc(C(C)Nc2ncc(C(=O)O)cc2Cl)n1. The number of hydrogen-bond acceptors (Lipinski definition) is 5. The minimum absolute atomic E-state index is 0.0422. The summed E-state index contributed by atoms with van der Waals surface area (Å²) in [5.74, 6) is -0.600. The Balaban J connectivity index is 2.17. The lowest BCUT2D eigenvalue weighted by Crippen LogP contribution is -2.09. The quantitative estimate of drug-likeness (QED) is 0.905. The molecule has 1 atom stereocenters. The fraction of sp³-hybridized carbons (Fsp3) is 0.250. The van der Waals surface area contributed by atoms with Crippen molar-refractivity contribution in [1.82, 2.24) is 9.97 Å². The van der Waals surface area contributed by atoms with Gasteiger partial charge in [0.25, 0.3) is 0 Å². The fourth-order valence-electron chi connectivity index (χ4n) is 1.50. The van der Waals surface area contributed by atoms with Crippen molar-refractivity contribution in [2.45, 2.75) is 19.9 Å². The van der Waals surface area contributed by atoms with E-state index in [2.05, 4.69) is 15.3 Å². The average Bonchev–Trinajstić information content (AvgIpc) is 2.78. The molecule has 0 amide bonds. The molecule has 0 radical (unpaired) electrons. The van der Waals surface area contributed by atoms with Gasteiger partial charge in [-0.15, -0.1) is 11.3 Å². The summed E-state index contributed by atoms with van der Waals surface area (Å²) in [6, 6.07) is 1.33. The van der Waals surface area contributed by atoms with E-state index in [1.807, 2.05) is 19.2 Å². The summed E-state index contributed by atoms with van der Waals surface area (Å²) < 4.78 is 0. The molecular formula is C12H12ClN3O2S. The third-order valence-corrected chi connectivity index (χ3v) is 3.88. The van der Waals surface area contributed by atoms with E-state index >= 15 is 0 Å². The normalized spacial score (nSPS) is 12.2. The zero-order valence-electron chi connectivity index (χ0n) is 10.3. The van der Waals surface area contributed by atoms with Gasteiger partial charge >= 0.3 is 5.97 Å². The number of carboxylic acid groups (broad SMARTS) is 1. The Morgan fingerprint density at radius 3 is 2.84 bits per heavy atom. The number of halogens is 1. The zero-order valence-corrected chi connectivity index (χ0v) is 11.9. The largest absolute Gasteiger partial charge is 0.478 e. The number of pyridine rings is 1. The van der Waals surface area contributed by atoms with E-state index in [1.54, 1.807) is 11.3 Å². The molecule has 0 saturated carbocycles. The van der Waals surface area contributed by atoms with Crippen LogP contribution >= 0.6 is 22.9 Å². The molecule has 1 unspecified atom stereocenters. The first-order chi connectivity index (χ1) is 8.97. The molecule has 100 valence electrons. The van der Waals surface area contributed by atoms with Crippen molar-refractivity contribution in [2.75, 3.05) is 5.32 Å². The summed E-state index contributed by atoms with van der Waals surface area (Å²) in [5, 5.41) is 15.1. The number of aromatic carboxylic acids is 1. The number of aryl methyl sites for hydroxylation is 1. The van der Waals surface area contributed by atoms with Crippen molar-refractivity contribution in [3.05, 3.63) is 38.9 Å². The predicted octanol–water partition coefficient (Wildman–Crippen LogP) is 3.37. The molecule has 2 N–H and O–H groups in total. The standard InChI is InChI=1S/C12H12ClN3O2S/c1-6-5-19-11(15-6)7(2)16-10-9(13)3-8(4-14-10)12(17)18/h3-5,7H,1-2H3,(H,14,16)(H,17,18). The van der Waals surface area contributed by atoms with Gasteiger partial charge in [0, 0.05) is 17.3 Å². The van der Waals surface area contributed by atoms with Gasteiger partial charge in [0.2, 0.25) is 0 Å². The molecule has 2 rings (SSSR count). The van der Waals surface area contributed by atoms with Crippen molar-refractivity contribution >= 4 is 34.7 Å². The molecule has 2 heterocycles. The highest BCUT2D eigenvalue weighted by Gasteiger charge is 2.13. The minimum atomic E-state index is -1.05. The molecule has 0 aliphatic heterocycles. The van der Waals surface area contributed by atoms with Gasteiger partial charge in [0.1, 0.15) is 10.8 Å². The lowest BCUT2D eigenvalue weighted by Gasteiger charge is -2.13. The first kappa shape index (κ1) is 13.8. The Kier molecular flexibility index (Phi) is 4.01. The topological polar surface area (TPSA) is 75.1 Å². The predicted molar refractivity (Wildman–Crippen MR) is 75.1 cm³/mol. The maximum atomic E-state index is 10.8. The number of thiazole rings is 1. The Hall–Kier alpha value is -1.66. The lowest BCUT2D eigenvalue weighted by atomic mass is 10.2. The summed E-state index contributed by atoms with van der Waals surface area (Å²) in [6.45, 7) is 3.88. The summed E-state index contributed by atoms with van der Waals surface area (Å²) in [5.41, 5.74) is 1.03. The van der Waals surface area contributed by atoms with Crippen LogP contribution in [0.1, 0.15) is 34.0 Å². The second kappa shape index (κ2) is 5.54. The third-order valence-electron chi connectivity index (χ3n) is 2.45. The van der Waals surface area contributed by atoms with Crippen molar-refractivity contribution < 1.29 is 9.90 Å². The van der Waals surface area contributed by atoms with Crippen LogP contribution in [0, 0.1) is 6.92 Å². The van der Waals surface area contributed by atoms with Gasteiger partial charge in [-0.25, -0.2) is 14.8 Å². The molecule has 0 aliphatic rings. The Labute approximate surface area is 119 Å². The van der Waals surface area contributed by atoms with Crippen LogP contribution in [0.5, 0.6) is 0 Å². The van der Waals surface area contributed by atoms with Crippen molar-refractivity contribution in [3.63, 3.8) is 0 Å². The molecule has 19 heavy (non-hydrogen) atoms. The van der Waals surface area contributed by atoms with Crippen LogP contribution in [-0.2, 0) is 0 Å². The van der Waals surface area contributed by atoms with Crippen LogP contribution in [-0.4, -0.2) is 21.0 Å². The number of hydrogen-bond donors (Lipinski definition) is 2. The van der Waals surface area contributed by atoms with Gasteiger partial charge in [-0.1, -0.05) is 11.6 Å².